The lowest BCUT2D eigenvalue weighted by Gasteiger charge is -2.20. The zero-order valence-corrected chi connectivity index (χ0v) is 10.3. The highest BCUT2D eigenvalue weighted by Crippen LogP contribution is 2.18. The van der Waals surface area contributed by atoms with Gasteiger partial charge in [0.25, 0.3) is 0 Å². The maximum atomic E-state index is 4.49. The van der Waals surface area contributed by atoms with Crippen molar-refractivity contribution in [1.29, 1.82) is 0 Å². The molecule has 0 aromatic carbocycles. The second kappa shape index (κ2) is 4.78. The third-order valence-electron chi connectivity index (χ3n) is 3.19. The average Bonchev–Trinajstić information content (AvgIpc) is 2.63. The molecule has 0 spiro atoms. The Balaban J connectivity index is 2.11. The van der Waals surface area contributed by atoms with Crippen molar-refractivity contribution in [2.75, 3.05) is 18.9 Å². The Morgan fingerprint density at radius 3 is 2.94 bits per heavy atom. The molecule has 2 heterocycles. The Kier molecular flexibility index (Phi) is 3.39. The Hall–Kier alpha value is -1.16. The van der Waals surface area contributed by atoms with Crippen LogP contribution in [-0.4, -0.2) is 34.5 Å². The molecule has 1 unspecified atom stereocenters. The van der Waals surface area contributed by atoms with Gasteiger partial charge in [-0.1, -0.05) is 0 Å². The van der Waals surface area contributed by atoms with Crippen LogP contribution in [0.2, 0.25) is 0 Å². The van der Waals surface area contributed by atoms with E-state index in [0.29, 0.717) is 6.04 Å². The molecule has 1 aromatic rings. The minimum Gasteiger partial charge on any atom is -0.373 e. The van der Waals surface area contributed by atoms with E-state index >= 15 is 0 Å². The van der Waals surface area contributed by atoms with E-state index in [1.54, 1.807) is 0 Å². The number of nitrogens with zero attached hydrogens (tertiary/aromatic N) is 3. The second-order valence-electron chi connectivity index (χ2n) is 4.52. The fraction of sp³-hybridized carbons (Fsp3) is 0.667. The van der Waals surface area contributed by atoms with Crippen LogP contribution < -0.4 is 5.32 Å². The maximum Gasteiger partial charge on any atom is 0.144 e. The van der Waals surface area contributed by atoms with Gasteiger partial charge in [-0.15, -0.1) is 0 Å². The number of aromatic nitrogens is 2. The van der Waals surface area contributed by atoms with E-state index in [-0.39, 0.29) is 0 Å². The first-order valence-electron chi connectivity index (χ1n) is 5.95. The predicted molar refractivity (Wildman–Crippen MR) is 65.4 cm³/mol. The molecule has 16 heavy (non-hydrogen) atoms. The van der Waals surface area contributed by atoms with E-state index in [4.69, 9.17) is 0 Å². The first kappa shape index (κ1) is 11.3. The van der Waals surface area contributed by atoms with Crippen LogP contribution in [0.25, 0.3) is 0 Å². The Morgan fingerprint density at radius 1 is 1.50 bits per heavy atom. The molecule has 1 aromatic heterocycles. The molecule has 1 N–H and O–H groups in total. The first-order chi connectivity index (χ1) is 7.69. The molecule has 1 fully saturated rings. The highest BCUT2D eigenvalue weighted by Gasteiger charge is 2.21. The monoisotopic (exact) mass is 220 g/mol. The van der Waals surface area contributed by atoms with Crippen LogP contribution in [0.5, 0.6) is 0 Å². The van der Waals surface area contributed by atoms with Gasteiger partial charge in [0.1, 0.15) is 11.6 Å². The summed E-state index contributed by atoms with van der Waals surface area (Å²) in [5, 5.41) is 3.07. The van der Waals surface area contributed by atoms with Gasteiger partial charge in [-0.25, -0.2) is 9.97 Å². The Morgan fingerprint density at radius 2 is 2.31 bits per heavy atom. The lowest BCUT2D eigenvalue weighted by Crippen LogP contribution is -2.27. The summed E-state index contributed by atoms with van der Waals surface area (Å²) >= 11 is 0. The molecule has 4 nitrogen and oxygen atoms in total. The van der Waals surface area contributed by atoms with E-state index in [2.05, 4.69) is 27.1 Å². The molecule has 2 rings (SSSR count). The first-order valence-corrected chi connectivity index (χ1v) is 5.95. The van der Waals surface area contributed by atoms with E-state index in [1.165, 1.54) is 19.4 Å². The minimum atomic E-state index is 0.669. The molecule has 0 bridgehead atoms. The molecule has 0 aliphatic carbocycles. The van der Waals surface area contributed by atoms with Crippen LogP contribution in [0.15, 0.2) is 6.07 Å². The van der Waals surface area contributed by atoms with E-state index in [9.17, 15) is 0 Å². The summed E-state index contributed by atoms with van der Waals surface area (Å²) in [5.74, 6) is 1.84. The standard InChI is InChI=1S/C12H20N4/c1-9-7-11(13-3)15-12(14-9)8-16-6-4-5-10(16)2/h7,10H,4-6,8H2,1-3H3,(H,13,14,15). The number of nitrogens with one attached hydrogen (secondary N) is 1. The highest BCUT2D eigenvalue weighted by molar-refractivity contribution is 5.34. The van der Waals surface area contributed by atoms with E-state index in [0.717, 1.165) is 23.9 Å². The number of likely N-dealkylation sites (tertiary alicyclic amines) is 1. The van der Waals surface area contributed by atoms with Crippen molar-refractivity contribution in [3.63, 3.8) is 0 Å². The number of rotatable bonds is 3. The van der Waals surface area contributed by atoms with Gasteiger partial charge < -0.3 is 5.32 Å². The molecule has 1 aliphatic heterocycles. The molecule has 1 atom stereocenters. The summed E-state index contributed by atoms with van der Waals surface area (Å²) in [4.78, 5) is 11.4. The van der Waals surface area contributed by atoms with Crippen molar-refractivity contribution in [2.24, 2.45) is 0 Å². The summed E-state index contributed by atoms with van der Waals surface area (Å²) in [6, 6.07) is 2.64. The molecule has 4 heteroatoms. The Bertz CT molecular complexity index is 364. The van der Waals surface area contributed by atoms with Crippen molar-refractivity contribution in [2.45, 2.75) is 39.3 Å². The highest BCUT2D eigenvalue weighted by atomic mass is 15.2. The Labute approximate surface area is 97.1 Å². The van der Waals surface area contributed by atoms with Crippen molar-refractivity contribution in [3.8, 4) is 0 Å². The summed E-state index contributed by atoms with van der Waals surface area (Å²) < 4.78 is 0. The van der Waals surface area contributed by atoms with Gasteiger partial charge in [0.05, 0.1) is 6.54 Å². The predicted octanol–water partition coefficient (Wildman–Crippen LogP) is 1.81. The largest absolute Gasteiger partial charge is 0.373 e. The minimum absolute atomic E-state index is 0.669. The quantitative estimate of drug-likeness (QED) is 0.843. The summed E-state index contributed by atoms with van der Waals surface area (Å²) in [6.07, 6.45) is 2.59. The number of anilines is 1. The maximum absolute atomic E-state index is 4.49. The van der Waals surface area contributed by atoms with Crippen molar-refractivity contribution < 1.29 is 0 Å². The molecular weight excluding hydrogens is 200 g/mol. The molecule has 1 aliphatic rings. The van der Waals surface area contributed by atoms with Crippen LogP contribution in [0.3, 0.4) is 0 Å². The van der Waals surface area contributed by atoms with Crippen LogP contribution in [0.4, 0.5) is 5.82 Å². The topological polar surface area (TPSA) is 41.1 Å². The van der Waals surface area contributed by atoms with Crippen LogP contribution >= 0.6 is 0 Å². The van der Waals surface area contributed by atoms with Crippen molar-refractivity contribution in [1.82, 2.24) is 14.9 Å². The molecule has 0 saturated carbocycles. The molecule has 0 radical (unpaired) electrons. The van der Waals surface area contributed by atoms with Crippen LogP contribution in [-0.2, 0) is 6.54 Å². The third-order valence-corrected chi connectivity index (χ3v) is 3.19. The van der Waals surface area contributed by atoms with Gasteiger partial charge in [-0.3, -0.25) is 4.90 Å². The molecule has 1 saturated heterocycles. The fourth-order valence-corrected chi connectivity index (χ4v) is 2.24. The van der Waals surface area contributed by atoms with Crippen molar-refractivity contribution >= 4 is 5.82 Å². The number of aryl methyl sites for hydroxylation is 1. The van der Waals surface area contributed by atoms with Gasteiger partial charge in [-0.05, 0) is 33.2 Å². The smallest absolute Gasteiger partial charge is 0.144 e. The van der Waals surface area contributed by atoms with Gasteiger partial charge in [0.2, 0.25) is 0 Å². The van der Waals surface area contributed by atoms with Gasteiger partial charge >= 0.3 is 0 Å². The molecule has 88 valence electrons. The molecular formula is C12H20N4. The van der Waals surface area contributed by atoms with E-state index < -0.39 is 0 Å². The zero-order chi connectivity index (χ0) is 11.5. The third kappa shape index (κ3) is 2.50. The second-order valence-corrected chi connectivity index (χ2v) is 4.52. The summed E-state index contributed by atoms with van der Waals surface area (Å²) in [7, 11) is 1.89. The zero-order valence-electron chi connectivity index (χ0n) is 10.3. The SMILES string of the molecule is CNc1cc(C)nc(CN2CCCC2C)n1. The molecule has 0 amide bonds. The van der Waals surface area contributed by atoms with Gasteiger partial charge in [0, 0.05) is 24.8 Å². The van der Waals surface area contributed by atoms with Crippen LogP contribution in [0.1, 0.15) is 31.3 Å². The van der Waals surface area contributed by atoms with Gasteiger partial charge in [-0.2, -0.15) is 0 Å². The lowest BCUT2D eigenvalue weighted by molar-refractivity contribution is 0.254. The number of hydrogen-bond acceptors (Lipinski definition) is 4. The summed E-state index contributed by atoms with van der Waals surface area (Å²) in [6.45, 7) is 6.34. The van der Waals surface area contributed by atoms with Crippen LogP contribution in [0, 0.1) is 6.92 Å². The lowest BCUT2D eigenvalue weighted by atomic mass is 10.2. The average molecular weight is 220 g/mol. The van der Waals surface area contributed by atoms with E-state index in [1.807, 2.05) is 20.0 Å². The normalized spacial score (nSPS) is 21.3. The van der Waals surface area contributed by atoms with Gasteiger partial charge in [0.15, 0.2) is 0 Å². The fourth-order valence-electron chi connectivity index (χ4n) is 2.24. The number of hydrogen-bond donors (Lipinski definition) is 1. The summed E-state index contributed by atoms with van der Waals surface area (Å²) in [5.41, 5.74) is 1.03. The van der Waals surface area contributed by atoms with Crippen molar-refractivity contribution in [3.05, 3.63) is 17.6 Å².